The standard InChI is InChI=1S/C28H37NO5/c1-27(2)11-18-12-28(3,15-27)16-29(18)13-20-22(30)6-5-19-25(31)21(14-34-26(19)20)17-4-7-23-24(10-17)33-9-8-32-23/h4,7,10,14,18-20,22,26,30H,5-6,8-9,11-13,15-16H2,1-3H3. The van der Waals surface area contributed by atoms with E-state index in [1.807, 2.05) is 18.2 Å². The van der Waals surface area contributed by atoms with E-state index in [9.17, 15) is 9.90 Å². The molecule has 1 aromatic rings. The zero-order chi connectivity index (χ0) is 23.7. The average molecular weight is 468 g/mol. The van der Waals surface area contributed by atoms with E-state index in [4.69, 9.17) is 14.2 Å². The van der Waals surface area contributed by atoms with Crippen molar-refractivity contribution >= 4 is 11.4 Å². The van der Waals surface area contributed by atoms with Gasteiger partial charge in [0.15, 0.2) is 17.3 Å². The number of ketones is 1. The van der Waals surface area contributed by atoms with Crippen LogP contribution in [-0.4, -0.2) is 60.3 Å². The Morgan fingerprint density at radius 3 is 2.71 bits per heavy atom. The third-order valence-corrected chi connectivity index (χ3v) is 8.85. The van der Waals surface area contributed by atoms with Gasteiger partial charge in [0, 0.05) is 25.0 Å². The molecule has 3 heterocycles. The zero-order valence-corrected chi connectivity index (χ0v) is 20.6. The minimum Gasteiger partial charge on any atom is -0.496 e. The van der Waals surface area contributed by atoms with Crippen LogP contribution in [0.1, 0.15) is 58.4 Å². The maximum atomic E-state index is 13.6. The molecule has 3 fully saturated rings. The Morgan fingerprint density at radius 2 is 1.88 bits per heavy atom. The minimum absolute atomic E-state index is 0.0492. The number of allylic oxidation sites excluding steroid dienone is 1. The SMILES string of the molecule is CC1(C)CC2CC(C)(CN2CC2C(O)CCC3C(=O)C(c4ccc5c(c4)OCCO5)=COC32)C1. The molecule has 0 spiro atoms. The summed E-state index contributed by atoms with van der Waals surface area (Å²) in [5, 5.41) is 11.0. The maximum Gasteiger partial charge on any atom is 0.173 e. The van der Waals surface area contributed by atoms with Gasteiger partial charge in [-0.2, -0.15) is 0 Å². The lowest BCUT2D eigenvalue weighted by Crippen LogP contribution is -2.52. The molecule has 5 aliphatic rings. The van der Waals surface area contributed by atoms with Crippen LogP contribution in [0.15, 0.2) is 24.5 Å². The van der Waals surface area contributed by atoms with Crippen LogP contribution in [0.4, 0.5) is 0 Å². The van der Waals surface area contributed by atoms with E-state index in [2.05, 4.69) is 25.7 Å². The van der Waals surface area contributed by atoms with Crippen molar-refractivity contribution < 1.29 is 24.1 Å². The summed E-state index contributed by atoms with van der Waals surface area (Å²) in [6.45, 7) is 10.1. The van der Waals surface area contributed by atoms with Crippen molar-refractivity contribution in [3.05, 3.63) is 30.0 Å². The molecule has 184 valence electrons. The number of hydrogen-bond acceptors (Lipinski definition) is 6. The van der Waals surface area contributed by atoms with Crippen LogP contribution in [0.3, 0.4) is 0 Å². The number of Topliss-reactive ketones (excluding diaryl/α,β-unsaturated/α-hetero) is 1. The number of fused-ring (bicyclic) bond motifs is 4. The number of nitrogens with zero attached hydrogens (tertiary/aromatic N) is 1. The summed E-state index contributed by atoms with van der Waals surface area (Å²) >= 11 is 0. The normalized spacial score (nSPS) is 38.6. The van der Waals surface area contributed by atoms with Gasteiger partial charge in [-0.3, -0.25) is 9.69 Å². The Hall–Kier alpha value is -2.05. The predicted octanol–water partition coefficient (Wildman–Crippen LogP) is 4.05. The van der Waals surface area contributed by atoms with Gasteiger partial charge in [-0.15, -0.1) is 0 Å². The fourth-order valence-corrected chi connectivity index (χ4v) is 7.83. The second-order valence-corrected chi connectivity index (χ2v) is 12.4. The Balaban J connectivity index is 1.23. The highest BCUT2D eigenvalue weighted by Gasteiger charge is 2.52. The second-order valence-electron chi connectivity index (χ2n) is 12.4. The quantitative estimate of drug-likeness (QED) is 0.723. The highest BCUT2D eigenvalue weighted by molar-refractivity contribution is 6.22. The number of carbonyl (C=O) groups excluding carboxylic acids is 1. The lowest BCUT2D eigenvalue weighted by molar-refractivity contribution is -0.133. The molecule has 2 saturated carbocycles. The summed E-state index contributed by atoms with van der Waals surface area (Å²) in [4.78, 5) is 16.2. The van der Waals surface area contributed by atoms with Crippen molar-refractivity contribution in [3.8, 4) is 11.5 Å². The molecule has 1 saturated heterocycles. The summed E-state index contributed by atoms with van der Waals surface area (Å²) in [6, 6.07) is 6.21. The number of likely N-dealkylation sites (tertiary alicyclic amines) is 1. The first-order chi connectivity index (χ1) is 16.2. The number of aliphatic hydroxyl groups excluding tert-OH is 1. The average Bonchev–Trinajstić information content (AvgIpc) is 3.03. The van der Waals surface area contributed by atoms with Crippen molar-refractivity contribution in [1.82, 2.24) is 4.90 Å². The first-order valence-corrected chi connectivity index (χ1v) is 12.9. The van der Waals surface area contributed by atoms with Crippen molar-refractivity contribution in [3.63, 3.8) is 0 Å². The molecule has 0 aromatic heterocycles. The van der Waals surface area contributed by atoms with Crippen molar-refractivity contribution in [2.75, 3.05) is 26.3 Å². The largest absolute Gasteiger partial charge is 0.496 e. The third-order valence-electron chi connectivity index (χ3n) is 8.85. The molecule has 0 amide bonds. The molecular weight excluding hydrogens is 430 g/mol. The van der Waals surface area contributed by atoms with Crippen LogP contribution in [-0.2, 0) is 9.53 Å². The van der Waals surface area contributed by atoms with Gasteiger partial charge in [-0.05, 0) is 60.6 Å². The number of hydrogen-bond donors (Lipinski definition) is 1. The van der Waals surface area contributed by atoms with Crippen molar-refractivity contribution in [2.24, 2.45) is 22.7 Å². The van der Waals surface area contributed by atoms with Crippen LogP contribution in [0, 0.1) is 22.7 Å². The Morgan fingerprint density at radius 1 is 1.09 bits per heavy atom. The van der Waals surface area contributed by atoms with Gasteiger partial charge in [0.25, 0.3) is 0 Å². The molecule has 1 aromatic carbocycles. The molecule has 1 N–H and O–H groups in total. The van der Waals surface area contributed by atoms with Gasteiger partial charge in [0.2, 0.25) is 0 Å². The van der Waals surface area contributed by atoms with Crippen LogP contribution in [0.5, 0.6) is 11.5 Å². The van der Waals surface area contributed by atoms with Crippen LogP contribution in [0.25, 0.3) is 5.57 Å². The molecule has 6 rings (SSSR count). The van der Waals surface area contributed by atoms with E-state index in [0.717, 1.165) is 18.7 Å². The molecule has 34 heavy (non-hydrogen) atoms. The van der Waals surface area contributed by atoms with E-state index in [1.165, 1.54) is 19.3 Å². The van der Waals surface area contributed by atoms with E-state index in [-0.39, 0.29) is 23.7 Å². The molecule has 6 unspecified atom stereocenters. The summed E-state index contributed by atoms with van der Waals surface area (Å²) in [5.41, 5.74) is 2.11. The third kappa shape index (κ3) is 3.83. The van der Waals surface area contributed by atoms with Gasteiger partial charge in [0.1, 0.15) is 19.3 Å². The van der Waals surface area contributed by atoms with Crippen molar-refractivity contribution in [2.45, 2.75) is 71.1 Å². The summed E-state index contributed by atoms with van der Waals surface area (Å²) in [7, 11) is 0. The van der Waals surface area contributed by atoms with Gasteiger partial charge >= 0.3 is 0 Å². The summed E-state index contributed by atoms with van der Waals surface area (Å²) in [5.74, 6) is 1.25. The molecule has 6 atom stereocenters. The monoisotopic (exact) mass is 467 g/mol. The predicted molar refractivity (Wildman–Crippen MR) is 129 cm³/mol. The van der Waals surface area contributed by atoms with E-state index in [0.29, 0.717) is 60.0 Å². The van der Waals surface area contributed by atoms with Crippen LogP contribution < -0.4 is 9.47 Å². The van der Waals surface area contributed by atoms with E-state index in [1.54, 1.807) is 6.26 Å². The molecule has 3 aliphatic heterocycles. The zero-order valence-electron chi connectivity index (χ0n) is 20.6. The molecule has 6 nitrogen and oxygen atoms in total. The fourth-order valence-electron chi connectivity index (χ4n) is 7.83. The molecule has 2 aliphatic carbocycles. The Kier molecular flexibility index (Phi) is 5.27. The van der Waals surface area contributed by atoms with Gasteiger partial charge in [0.05, 0.1) is 23.9 Å². The van der Waals surface area contributed by atoms with Gasteiger partial charge < -0.3 is 19.3 Å². The first-order valence-electron chi connectivity index (χ1n) is 12.9. The second kappa shape index (κ2) is 7.99. The number of rotatable bonds is 3. The van der Waals surface area contributed by atoms with Crippen LogP contribution >= 0.6 is 0 Å². The van der Waals surface area contributed by atoms with Crippen molar-refractivity contribution in [1.29, 1.82) is 0 Å². The first kappa shape index (κ1) is 22.4. The molecular formula is C28H37NO5. The fraction of sp³-hybridized carbons (Fsp3) is 0.679. The summed E-state index contributed by atoms with van der Waals surface area (Å²) in [6.07, 6.45) is 5.94. The smallest absolute Gasteiger partial charge is 0.173 e. The van der Waals surface area contributed by atoms with Gasteiger partial charge in [-0.25, -0.2) is 0 Å². The Bertz CT molecular complexity index is 1020. The highest BCUT2D eigenvalue weighted by atomic mass is 16.6. The van der Waals surface area contributed by atoms with Crippen LogP contribution in [0.2, 0.25) is 0 Å². The number of ether oxygens (including phenoxy) is 3. The Labute approximate surface area is 202 Å². The minimum atomic E-state index is -0.431. The maximum absolute atomic E-state index is 13.6. The highest BCUT2D eigenvalue weighted by Crippen LogP contribution is 2.53. The topological polar surface area (TPSA) is 68.2 Å². The van der Waals surface area contributed by atoms with E-state index < -0.39 is 6.10 Å². The van der Waals surface area contributed by atoms with Gasteiger partial charge in [-0.1, -0.05) is 26.8 Å². The number of aliphatic hydroxyl groups is 1. The molecule has 6 heteroatoms. The molecule has 2 bridgehead atoms. The number of benzene rings is 1. The van der Waals surface area contributed by atoms with E-state index >= 15 is 0 Å². The molecule has 0 radical (unpaired) electrons. The lowest BCUT2D eigenvalue weighted by Gasteiger charge is -2.44. The summed E-state index contributed by atoms with van der Waals surface area (Å²) < 4.78 is 17.6. The number of carbonyl (C=O) groups is 1. The lowest BCUT2D eigenvalue weighted by atomic mass is 9.65.